The standard InChI is InChI=1S/C14H13FN2O3/c1-8-7-17(11-6-4-5-10(15)9(11)2)16-12(13(8)18)14(19)20-3/h4-7H,1-3H3. The minimum atomic E-state index is -0.818. The Morgan fingerprint density at radius 2 is 2.05 bits per heavy atom. The van der Waals surface area contributed by atoms with Gasteiger partial charge in [-0.15, -0.1) is 0 Å². The van der Waals surface area contributed by atoms with Crippen LogP contribution in [-0.4, -0.2) is 22.9 Å². The van der Waals surface area contributed by atoms with E-state index in [4.69, 9.17) is 0 Å². The van der Waals surface area contributed by atoms with Gasteiger partial charge in [-0.1, -0.05) is 6.07 Å². The predicted octanol–water partition coefficient (Wildman–Crippen LogP) is 1.78. The molecule has 0 amide bonds. The van der Waals surface area contributed by atoms with Gasteiger partial charge >= 0.3 is 5.97 Å². The van der Waals surface area contributed by atoms with Crippen molar-refractivity contribution >= 4 is 5.97 Å². The summed E-state index contributed by atoms with van der Waals surface area (Å²) in [5.41, 5.74) is 0.333. The number of aromatic nitrogens is 2. The van der Waals surface area contributed by atoms with Crippen LogP contribution in [0.4, 0.5) is 4.39 Å². The molecule has 5 nitrogen and oxygen atoms in total. The molecular formula is C14H13FN2O3. The van der Waals surface area contributed by atoms with Crippen molar-refractivity contribution in [3.63, 3.8) is 0 Å². The zero-order chi connectivity index (χ0) is 14.9. The molecule has 104 valence electrons. The van der Waals surface area contributed by atoms with Crippen LogP contribution < -0.4 is 5.43 Å². The Morgan fingerprint density at radius 1 is 1.35 bits per heavy atom. The van der Waals surface area contributed by atoms with E-state index in [0.717, 1.165) is 0 Å². The summed E-state index contributed by atoms with van der Waals surface area (Å²) in [4.78, 5) is 23.4. The Kier molecular flexibility index (Phi) is 3.65. The number of aryl methyl sites for hydroxylation is 1. The van der Waals surface area contributed by atoms with Crippen LogP contribution in [-0.2, 0) is 4.74 Å². The third kappa shape index (κ3) is 2.32. The summed E-state index contributed by atoms with van der Waals surface area (Å²) in [5, 5.41) is 3.94. The minimum Gasteiger partial charge on any atom is -0.464 e. The number of hydrogen-bond donors (Lipinski definition) is 0. The highest BCUT2D eigenvalue weighted by molar-refractivity contribution is 5.87. The Bertz CT molecular complexity index is 738. The Morgan fingerprint density at radius 3 is 2.70 bits per heavy atom. The highest BCUT2D eigenvalue weighted by Crippen LogP contribution is 2.16. The summed E-state index contributed by atoms with van der Waals surface area (Å²) in [5.74, 6) is -1.21. The number of carbonyl (C=O) groups excluding carboxylic acids is 1. The number of methoxy groups -OCH3 is 1. The lowest BCUT2D eigenvalue weighted by molar-refractivity contribution is 0.0590. The second-order valence-corrected chi connectivity index (χ2v) is 4.31. The zero-order valence-corrected chi connectivity index (χ0v) is 11.3. The molecule has 2 rings (SSSR count). The van der Waals surface area contributed by atoms with Crippen molar-refractivity contribution in [2.24, 2.45) is 0 Å². The van der Waals surface area contributed by atoms with E-state index in [-0.39, 0.29) is 11.5 Å². The predicted molar refractivity (Wildman–Crippen MR) is 70.6 cm³/mol. The van der Waals surface area contributed by atoms with Gasteiger partial charge in [0.1, 0.15) is 5.82 Å². The monoisotopic (exact) mass is 276 g/mol. The first-order chi connectivity index (χ1) is 9.45. The molecule has 0 fully saturated rings. The van der Waals surface area contributed by atoms with Gasteiger partial charge in [0.2, 0.25) is 11.1 Å². The number of rotatable bonds is 2. The van der Waals surface area contributed by atoms with Crippen LogP contribution >= 0.6 is 0 Å². The van der Waals surface area contributed by atoms with Crippen LogP contribution in [0.5, 0.6) is 0 Å². The van der Waals surface area contributed by atoms with Crippen LogP contribution in [0.2, 0.25) is 0 Å². The summed E-state index contributed by atoms with van der Waals surface area (Å²) in [6.45, 7) is 3.15. The van der Waals surface area contributed by atoms with Crippen LogP contribution in [0.1, 0.15) is 21.6 Å². The molecule has 0 spiro atoms. The fraction of sp³-hybridized carbons (Fsp3) is 0.214. The number of benzene rings is 1. The molecular weight excluding hydrogens is 263 g/mol. The molecule has 0 aliphatic heterocycles. The van der Waals surface area contributed by atoms with Gasteiger partial charge in [-0.05, 0) is 26.0 Å². The Labute approximate surface area is 114 Å². The number of esters is 1. The molecule has 2 aromatic rings. The third-order valence-electron chi connectivity index (χ3n) is 2.96. The first kappa shape index (κ1) is 13.9. The molecule has 0 saturated carbocycles. The van der Waals surface area contributed by atoms with E-state index < -0.39 is 11.4 Å². The van der Waals surface area contributed by atoms with Gasteiger partial charge in [0.05, 0.1) is 12.8 Å². The van der Waals surface area contributed by atoms with E-state index in [1.807, 2.05) is 0 Å². The molecule has 1 aromatic carbocycles. The lowest BCUT2D eigenvalue weighted by atomic mass is 10.2. The molecule has 0 bridgehead atoms. The molecule has 6 heteroatoms. The zero-order valence-electron chi connectivity index (χ0n) is 11.3. The molecule has 0 aliphatic rings. The van der Waals surface area contributed by atoms with Crippen LogP contribution in [0, 0.1) is 19.7 Å². The van der Waals surface area contributed by atoms with Gasteiger partial charge in [0.15, 0.2) is 0 Å². The molecule has 0 N–H and O–H groups in total. The Hall–Kier alpha value is -2.50. The molecule has 20 heavy (non-hydrogen) atoms. The van der Waals surface area contributed by atoms with Crippen molar-refractivity contribution in [2.45, 2.75) is 13.8 Å². The maximum absolute atomic E-state index is 13.6. The average Bonchev–Trinajstić information content (AvgIpc) is 2.44. The number of nitrogens with zero attached hydrogens (tertiary/aromatic N) is 2. The summed E-state index contributed by atoms with van der Waals surface area (Å²) in [7, 11) is 1.17. The molecule has 1 heterocycles. The maximum atomic E-state index is 13.6. The molecule has 0 radical (unpaired) electrons. The summed E-state index contributed by atoms with van der Waals surface area (Å²) in [6, 6.07) is 4.51. The molecule has 0 unspecified atom stereocenters. The quantitative estimate of drug-likeness (QED) is 0.784. The Balaban J connectivity index is 2.70. The summed E-state index contributed by atoms with van der Waals surface area (Å²) >= 11 is 0. The highest BCUT2D eigenvalue weighted by Gasteiger charge is 2.17. The highest BCUT2D eigenvalue weighted by atomic mass is 19.1. The second-order valence-electron chi connectivity index (χ2n) is 4.31. The normalized spacial score (nSPS) is 10.4. The van der Waals surface area contributed by atoms with Gasteiger partial charge in [-0.25, -0.2) is 13.9 Å². The fourth-order valence-electron chi connectivity index (χ4n) is 1.81. The topological polar surface area (TPSA) is 61.2 Å². The molecule has 1 aromatic heterocycles. The number of hydrogen-bond acceptors (Lipinski definition) is 4. The minimum absolute atomic E-state index is 0.323. The molecule has 0 atom stereocenters. The molecule has 0 saturated heterocycles. The first-order valence-corrected chi connectivity index (χ1v) is 5.90. The smallest absolute Gasteiger partial charge is 0.362 e. The number of carbonyl (C=O) groups is 1. The average molecular weight is 276 g/mol. The summed E-state index contributed by atoms with van der Waals surface area (Å²) in [6.07, 6.45) is 1.45. The van der Waals surface area contributed by atoms with E-state index in [9.17, 15) is 14.0 Å². The summed E-state index contributed by atoms with van der Waals surface area (Å²) < 4.78 is 19.4. The van der Waals surface area contributed by atoms with Gasteiger partial charge < -0.3 is 4.74 Å². The van der Waals surface area contributed by atoms with Gasteiger partial charge in [0, 0.05) is 17.3 Å². The van der Waals surface area contributed by atoms with Crippen molar-refractivity contribution in [1.82, 2.24) is 9.78 Å². The van der Waals surface area contributed by atoms with Crippen LogP contribution in [0.15, 0.2) is 29.2 Å². The van der Waals surface area contributed by atoms with Crippen molar-refractivity contribution in [2.75, 3.05) is 7.11 Å². The lowest BCUT2D eigenvalue weighted by Crippen LogP contribution is -2.24. The van der Waals surface area contributed by atoms with E-state index in [0.29, 0.717) is 16.8 Å². The third-order valence-corrected chi connectivity index (χ3v) is 2.96. The first-order valence-electron chi connectivity index (χ1n) is 5.90. The van der Waals surface area contributed by atoms with Gasteiger partial charge in [0.25, 0.3) is 0 Å². The van der Waals surface area contributed by atoms with Crippen molar-refractivity contribution < 1.29 is 13.9 Å². The fourth-order valence-corrected chi connectivity index (χ4v) is 1.81. The second kappa shape index (κ2) is 5.24. The van der Waals surface area contributed by atoms with Crippen molar-refractivity contribution in [3.8, 4) is 5.69 Å². The van der Waals surface area contributed by atoms with E-state index in [2.05, 4.69) is 9.84 Å². The van der Waals surface area contributed by atoms with Gasteiger partial charge in [-0.2, -0.15) is 5.10 Å². The van der Waals surface area contributed by atoms with Crippen LogP contribution in [0.25, 0.3) is 5.69 Å². The van der Waals surface area contributed by atoms with Gasteiger partial charge in [-0.3, -0.25) is 4.79 Å². The number of halogens is 1. The van der Waals surface area contributed by atoms with E-state index >= 15 is 0 Å². The van der Waals surface area contributed by atoms with Crippen molar-refractivity contribution in [3.05, 3.63) is 57.3 Å². The number of ether oxygens (including phenoxy) is 1. The van der Waals surface area contributed by atoms with E-state index in [1.165, 1.54) is 30.1 Å². The van der Waals surface area contributed by atoms with Crippen molar-refractivity contribution in [1.29, 1.82) is 0 Å². The van der Waals surface area contributed by atoms with Crippen LogP contribution in [0.3, 0.4) is 0 Å². The van der Waals surface area contributed by atoms with E-state index in [1.54, 1.807) is 19.9 Å². The lowest BCUT2D eigenvalue weighted by Gasteiger charge is -2.11. The largest absolute Gasteiger partial charge is 0.464 e. The maximum Gasteiger partial charge on any atom is 0.362 e. The SMILES string of the molecule is COC(=O)c1nn(-c2cccc(F)c2C)cc(C)c1=O. The molecule has 0 aliphatic carbocycles.